The molecule has 5 nitrogen and oxygen atoms in total. The number of nitriles is 1. The van der Waals surface area contributed by atoms with Crippen LogP contribution in [0.2, 0.25) is 0 Å². The zero-order valence-corrected chi connectivity index (χ0v) is 12.3. The number of ether oxygens (including phenoxy) is 1. The van der Waals surface area contributed by atoms with Gasteiger partial charge in [-0.3, -0.25) is 4.79 Å². The van der Waals surface area contributed by atoms with Crippen LogP contribution >= 0.6 is 0 Å². The fraction of sp³-hybridized carbons (Fsp3) is 0.400. The summed E-state index contributed by atoms with van der Waals surface area (Å²) in [7, 11) is 0. The molecular weight excluding hydrogens is 311 g/mol. The van der Waals surface area contributed by atoms with Crippen LogP contribution in [0.15, 0.2) is 12.1 Å². The van der Waals surface area contributed by atoms with Gasteiger partial charge in [-0.05, 0) is 30.5 Å². The Bertz CT molecular complexity index is 760. The average molecular weight is 325 g/mol. The van der Waals surface area contributed by atoms with Crippen molar-refractivity contribution in [2.75, 3.05) is 0 Å². The Kier molecular flexibility index (Phi) is 4.89. The van der Waals surface area contributed by atoms with E-state index in [4.69, 9.17) is 10.00 Å². The molecule has 0 saturated carbocycles. The summed E-state index contributed by atoms with van der Waals surface area (Å²) in [6.45, 7) is 1.20. The van der Waals surface area contributed by atoms with Gasteiger partial charge >= 0.3 is 12.1 Å². The molecule has 0 amide bonds. The number of esters is 1. The van der Waals surface area contributed by atoms with E-state index in [1.165, 1.54) is 6.92 Å². The molecule has 0 atom stereocenters. The number of imidazole rings is 1. The van der Waals surface area contributed by atoms with Crippen molar-refractivity contribution in [3.05, 3.63) is 29.1 Å². The highest BCUT2D eigenvalue weighted by Gasteiger charge is 2.26. The minimum absolute atomic E-state index is 0.0616. The molecule has 122 valence electrons. The number of hydrogen-bond donors (Lipinski definition) is 1. The van der Waals surface area contributed by atoms with Gasteiger partial charge in [0.25, 0.3) is 0 Å². The van der Waals surface area contributed by atoms with Crippen molar-refractivity contribution >= 4 is 17.0 Å². The van der Waals surface area contributed by atoms with Crippen LogP contribution in [0.25, 0.3) is 11.0 Å². The van der Waals surface area contributed by atoms with Gasteiger partial charge < -0.3 is 9.72 Å². The van der Waals surface area contributed by atoms with E-state index in [1.807, 2.05) is 6.07 Å². The lowest BCUT2D eigenvalue weighted by Crippen LogP contribution is -2.07. The lowest BCUT2D eigenvalue weighted by Gasteiger charge is -2.07. The zero-order valence-electron chi connectivity index (χ0n) is 12.3. The quantitative estimate of drug-likeness (QED) is 0.855. The van der Waals surface area contributed by atoms with E-state index in [0.717, 1.165) is 0 Å². The van der Waals surface area contributed by atoms with Crippen molar-refractivity contribution in [1.29, 1.82) is 5.26 Å². The summed E-state index contributed by atoms with van der Waals surface area (Å²) in [5.74, 6) is -0.0871. The lowest BCUT2D eigenvalue weighted by atomic mass is 10.0. The van der Waals surface area contributed by atoms with Crippen LogP contribution in [0.3, 0.4) is 0 Å². The van der Waals surface area contributed by atoms with E-state index in [9.17, 15) is 18.0 Å². The third-order valence-corrected chi connectivity index (χ3v) is 3.23. The number of halogens is 3. The van der Waals surface area contributed by atoms with Crippen molar-refractivity contribution in [2.45, 2.75) is 39.0 Å². The molecule has 0 spiro atoms. The molecule has 0 fully saturated rings. The summed E-state index contributed by atoms with van der Waals surface area (Å²) in [5, 5.41) is 9.14. The van der Waals surface area contributed by atoms with Crippen LogP contribution in [0.4, 0.5) is 13.2 Å². The van der Waals surface area contributed by atoms with Gasteiger partial charge in [0.2, 0.25) is 0 Å². The Morgan fingerprint density at radius 2 is 2.17 bits per heavy atom. The number of rotatable bonds is 5. The number of nitrogens with zero attached hydrogens (tertiary/aromatic N) is 2. The highest BCUT2D eigenvalue weighted by molar-refractivity contribution is 5.81. The summed E-state index contributed by atoms with van der Waals surface area (Å²) in [6, 6.07) is 5.15. The maximum atomic E-state index is 12.3. The lowest BCUT2D eigenvalue weighted by molar-refractivity contribution is -0.142. The Morgan fingerprint density at radius 1 is 1.43 bits per heavy atom. The number of aryl methyl sites for hydroxylation is 1. The Labute approximate surface area is 130 Å². The maximum Gasteiger partial charge on any atom is 0.389 e. The van der Waals surface area contributed by atoms with Crippen molar-refractivity contribution in [3.63, 3.8) is 0 Å². The molecule has 1 aromatic heterocycles. The van der Waals surface area contributed by atoms with Crippen LogP contribution in [-0.2, 0) is 22.6 Å². The fourth-order valence-electron chi connectivity index (χ4n) is 2.25. The van der Waals surface area contributed by atoms with Crippen LogP contribution in [0.5, 0.6) is 0 Å². The number of alkyl halides is 3. The van der Waals surface area contributed by atoms with Crippen molar-refractivity contribution < 1.29 is 22.7 Å². The highest BCUT2D eigenvalue weighted by atomic mass is 19.4. The predicted molar refractivity (Wildman–Crippen MR) is 75.3 cm³/mol. The van der Waals surface area contributed by atoms with E-state index in [0.29, 0.717) is 28.0 Å². The van der Waals surface area contributed by atoms with Gasteiger partial charge in [0.1, 0.15) is 12.4 Å². The number of hydrogen-bond acceptors (Lipinski definition) is 4. The number of H-pyrrole nitrogens is 1. The molecule has 1 aromatic carbocycles. The molecule has 0 aliphatic carbocycles. The van der Waals surface area contributed by atoms with E-state index >= 15 is 0 Å². The topological polar surface area (TPSA) is 78.8 Å². The first-order chi connectivity index (χ1) is 10.8. The third kappa shape index (κ3) is 4.45. The first kappa shape index (κ1) is 16.8. The van der Waals surface area contributed by atoms with Crippen molar-refractivity contribution in [3.8, 4) is 6.07 Å². The second-order valence-corrected chi connectivity index (χ2v) is 5.03. The largest absolute Gasteiger partial charge is 0.458 e. The maximum absolute atomic E-state index is 12.3. The third-order valence-electron chi connectivity index (χ3n) is 3.23. The molecule has 0 saturated heterocycles. The minimum atomic E-state index is -4.23. The Hall–Kier alpha value is -2.56. The monoisotopic (exact) mass is 325 g/mol. The Morgan fingerprint density at radius 3 is 2.78 bits per heavy atom. The zero-order chi connectivity index (χ0) is 17.0. The number of benzene rings is 1. The summed E-state index contributed by atoms with van der Waals surface area (Å²) < 4.78 is 41.7. The van der Waals surface area contributed by atoms with Crippen LogP contribution in [0, 0.1) is 11.3 Å². The van der Waals surface area contributed by atoms with Crippen LogP contribution in [-0.4, -0.2) is 22.1 Å². The van der Waals surface area contributed by atoms with Gasteiger partial charge in [0.05, 0.1) is 22.7 Å². The van der Waals surface area contributed by atoms with E-state index in [2.05, 4.69) is 9.97 Å². The molecule has 2 aromatic rings. The number of fused-ring (bicyclic) bond motifs is 1. The number of carbonyl (C=O) groups excluding carboxylic acids is 1. The molecule has 0 unspecified atom stereocenters. The highest BCUT2D eigenvalue weighted by Crippen LogP contribution is 2.26. The van der Waals surface area contributed by atoms with Crippen molar-refractivity contribution in [2.24, 2.45) is 0 Å². The molecule has 0 aliphatic heterocycles. The van der Waals surface area contributed by atoms with Gasteiger partial charge in [0.15, 0.2) is 0 Å². The first-order valence-corrected chi connectivity index (χ1v) is 6.91. The summed E-state index contributed by atoms with van der Waals surface area (Å²) in [6.07, 6.45) is -5.17. The number of aromatic amines is 1. The van der Waals surface area contributed by atoms with Gasteiger partial charge in [-0.15, -0.1) is 0 Å². The van der Waals surface area contributed by atoms with Gasteiger partial charge in [-0.2, -0.15) is 18.4 Å². The van der Waals surface area contributed by atoms with Crippen molar-refractivity contribution in [1.82, 2.24) is 9.97 Å². The molecule has 0 aliphatic rings. The predicted octanol–water partition coefficient (Wildman–Crippen LogP) is 3.38. The van der Waals surface area contributed by atoms with Gasteiger partial charge in [-0.25, -0.2) is 4.98 Å². The first-order valence-electron chi connectivity index (χ1n) is 6.91. The van der Waals surface area contributed by atoms with E-state index in [-0.39, 0.29) is 19.4 Å². The second-order valence-electron chi connectivity index (χ2n) is 5.03. The molecule has 0 radical (unpaired) electrons. The minimum Gasteiger partial charge on any atom is -0.458 e. The molecule has 8 heteroatoms. The number of aromatic nitrogens is 2. The van der Waals surface area contributed by atoms with Crippen LogP contribution < -0.4 is 0 Å². The van der Waals surface area contributed by atoms with Gasteiger partial charge in [0, 0.05) is 13.3 Å². The van der Waals surface area contributed by atoms with Crippen LogP contribution in [0.1, 0.15) is 36.7 Å². The number of carbonyl (C=O) groups is 1. The molecule has 1 N–H and O–H groups in total. The second kappa shape index (κ2) is 6.69. The number of nitrogens with one attached hydrogen (secondary N) is 1. The molecule has 2 rings (SSSR count). The molecular formula is C15H14F3N3O2. The molecule has 23 heavy (non-hydrogen) atoms. The van der Waals surface area contributed by atoms with E-state index < -0.39 is 18.6 Å². The fourth-order valence-corrected chi connectivity index (χ4v) is 2.25. The standard InChI is InChI=1S/C15H14F3N3O2/c1-9(22)23-8-13-20-12-5-4-10(7-19)11(14(12)21-13)3-2-6-15(16,17)18/h4-5H,2-3,6,8H2,1H3,(H,20,21). The molecule has 0 bridgehead atoms. The van der Waals surface area contributed by atoms with E-state index in [1.54, 1.807) is 12.1 Å². The average Bonchev–Trinajstić information content (AvgIpc) is 2.87. The van der Waals surface area contributed by atoms with Gasteiger partial charge in [-0.1, -0.05) is 0 Å². The summed E-state index contributed by atoms with van der Waals surface area (Å²) in [5.41, 5.74) is 1.80. The SMILES string of the molecule is CC(=O)OCc1nc2c(CCCC(F)(F)F)c(C#N)ccc2[nH]1. The Balaban J connectivity index is 2.28. The summed E-state index contributed by atoms with van der Waals surface area (Å²) in [4.78, 5) is 18.0. The normalized spacial score (nSPS) is 11.4. The smallest absolute Gasteiger partial charge is 0.389 e. The molecule has 1 heterocycles. The summed E-state index contributed by atoms with van der Waals surface area (Å²) >= 11 is 0.